The number of halogens is 2. The first-order valence-electron chi connectivity index (χ1n) is 9.29. The topological polar surface area (TPSA) is 79.0 Å². The Morgan fingerprint density at radius 2 is 1.97 bits per heavy atom. The van der Waals surface area contributed by atoms with Gasteiger partial charge in [0.05, 0.1) is 22.9 Å². The molecule has 9 heteroatoms. The first kappa shape index (κ1) is 21.9. The Morgan fingerprint density at radius 3 is 2.70 bits per heavy atom. The summed E-state index contributed by atoms with van der Waals surface area (Å²) in [6.07, 6.45) is 0.163. The number of carbonyl (C=O) groups is 3. The van der Waals surface area contributed by atoms with Gasteiger partial charge in [0.2, 0.25) is 11.8 Å². The maximum atomic E-state index is 13.0. The second-order valence-electron chi connectivity index (χ2n) is 7.00. The molecular weight excluding hydrogens is 429 g/mol. The molecule has 0 saturated heterocycles. The molecule has 2 aromatic carbocycles. The van der Waals surface area contributed by atoms with Gasteiger partial charge in [-0.1, -0.05) is 35.3 Å². The van der Waals surface area contributed by atoms with Crippen LogP contribution in [-0.2, 0) is 14.4 Å². The standard InChI is InChI=1S/C21H21Cl2N3O4/c1-13-9-19(27)24-16-5-3-4-6-17(16)26(13)20(28)11-25(2)21(29)12-30-18-8-7-14(22)10-15(18)23/h3-8,10,13H,9,11-12H2,1-2H3,(H,24,27)/t13-/m0/s1. The molecule has 1 atom stereocenters. The summed E-state index contributed by atoms with van der Waals surface area (Å²) in [5.74, 6) is -0.525. The van der Waals surface area contributed by atoms with E-state index in [1.807, 2.05) is 0 Å². The van der Waals surface area contributed by atoms with Gasteiger partial charge in [-0.05, 0) is 37.3 Å². The normalized spacial score (nSPS) is 15.7. The highest BCUT2D eigenvalue weighted by atomic mass is 35.5. The molecule has 0 spiro atoms. The number of amides is 3. The van der Waals surface area contributed by atoms with Crippen LogP contribution in [0.5, 0.6) is 5.75 Å². The second kappa shape index (κ2) is 9.36. The number of likely N-dealkylation sites (N-methyl/N-ethyl adjacent to an activating group) is 1. The number of nitrogens with zero attached hydrogens (tertiary/aromatic N) is 2. The number of ether oxygens (including phenoxy) is 1. The maximum Gasteiger partial charge on any atom is 0.260 e. The van der Waals surface area contributed by atoms with Crippen molar-refractivity contribution in [3.63, 3.8) is 0 Å². The molecule has 1 heterocycles. The summed E-state index contributed by atoms with van der Waals surface area (Å²) in [6, 6.07) is 11.4. The summed E-state index contributed by atoms with van der Waals surface area (Å²) in [5, 5.41) is 3.56. The highest BCUT2D eigenvalue weighted by molar-refractivity contribution is 6.35. The Labute approximate surface area is 184 Å². The number of anilines is 2. The molecule has 0 aromatic heterocycles. The summed E-state index contributed by atoms with van der Waals surface area (Å²) >= 11 is 11.9. The molecule has 0 unspecified atom stereocenters. The van der Waals surface area contributed by atoms with E-state index in [1.54, 1.807) is 48.2 Å². The van der Waals surface area contributed by atoms with Crippen LogP contribution >= 0.6 is 23.2 Å². The molecule has 0 saturated carbocycles. The van der Waals surface area contributed by atoms with Crippen LogP contribution in [0.15, 0.2) is 42.5 Å². The van der Waals surface area contributed by atoms with Crippen LogP contribution in [0.1, 0.15) is 13.3 Å². The lowest BCUT2D eigenvalue weighted by molar-refractivity contribution is -0.135. The van der Waals surface area contributed by atoms with Crippen molar-refractivity contribution in [2.75, 3.05) is 30.4 Å². The number of carbonyl (C=O) groups excluding carboxylic acids is 3. The van der Waals surface area contributed by atoms with Crippen molar-refractivity contribution >= 4 is 52.3 Å². The van der Waals surface area contributed by atoms with Crippen LogP contribution in [0.4, 0.5) is 11.4 Å². The van der Waals surface area contributed by atoms with Crippen molar-refractivity contribution in [2.24, 2.45) is 0 Å². The minimum Gasteiger partial charge on any atom is -0.482 e. The lowest BCUT2D eigenvalue weighted by atomic mass is 10.1. The molecule has 0 fully saturated rings. The van der Waals surface area contributed by atoms with Gasteiger partial charge in [0.25, 0.3) is 5.91 Å². The van der Waals surface area contributed by atoms with Crippen molar-refractivity contribution in [3.05, 3.63) is 52.5 Å². The SMILES string of the molecule is C[C@H]1CC(=O)Nc2ccccc2N1C(=O)CN(C)C(=O)COc1ccc(Cl)cc1Cl. The minimum absolute atomic E-state index is 0.163. The van der Waals surface area contributed by atoms with Gasteiger partial charge < -0.3 is 19.9 Å². The fraction of sp³-hybridized carbons (Fsp3) is 0.286. The number of hydrogen-bond donors (Lipinski definition) is 1. The monoisotopic (exact) mass is 449 g/mol. The van der Waals surface area contributed by atoms with Gasteiger partial charge in [-0.2, -0.15) is 0 Å². The molecule has 3 amide bonds. The van der Waals surface area contributed by atoms with Crippen LogP contribution in [0.3, 0.4) is 0 Å². The van der Waals surface area contributed by atoms with Gasteiger partial charge in [-0.3, -0.25) is 14.4 Å². The first-order valence-corrected chi connectivity index (χ1v) is 10.0. The number of hydrogen-bond acceptors (Lipinski definition) is 4. The van der Waals surface area contributed by atoms with Crippen molar-refractivity contribution in [2.45, 2.75) is 19.4 Å². The zero-order valence-corrected chi connectivity index (χ0v) is 18.0. The Kier molecular flexibility index (Phi) is 6.84. The first-order chi connectivity index (χ1) is 14.3. The molecule has 2 aromatic rings. The van der Waals surface area contributed by atoms with Crippen molar-refractivity contribution < 1.29 is 19.1 Å². The molecule has 0 radical (unpaired) electrons. The highest BCUT2D eigenvalue weighted by Gasteiger charge is 2.30. The second-order valence-corrected chi connectivity index (χ2v) is 7.84. The predicted octanol–water partition coefficient (Wildman–Crippen LogP) is 3.59. The summed E-state index contributed by atoms with van der Waals surface area (Å²) in [4.78, 5) is 40.4. The number of fused-ring (bicyclic) bond motifs is 1. The summed E-state index contributed by atoms with van der Waals surface area (Å²) < 4.78 is 5.45. The van der Waals surface area contributed by atoms with E-state index in [9.17, 15) is 14.4 Å². The summed E-state index contributed by atoms with van der Waals surface area (Å²) in [6.45, 7) is 1.35. The predicted molar refractivity (Wildman–Crippen MR) is 116 cm³/mol. The Balaban J connectivity index is 1.67. The molecule has 158 valence electrons. The van der Waals surface area contributed by atoms with Crippen molar-refractivity contribution in [1.82, 2.24) is 4.90 Å². The van der Waals surface area contributed by atoms with E-state index in [0.717, 1.165) is 0 Å². The molecule has 1 aliphatic heterocycles. The molecule has 1 aliphatic rings. The van der Waals surface area contributed by atoms with Gasteiger partial charge in [0.1, 0.15) is 5.75 Å². The molecule has 30 heavy (non-hydrogen) atoms. The van der Waals surface area contributed by atoms with Gasteiger partial charge >= 0.3 is 0 Å². The van der Waals surface area contributed by atoms with Crippen molar-refractivity contribution in [3.8, 4) is 5.75 Å². The van der Waals surface area contributed by atoms with Gasteiger partial charge in [-0.15, -0.1) is 0 Å². The zero-order chi connectivity index (χ0) is 21.8. The van der Waals surface area contributed by atoms with Crippen LogP contribution in [-0.4, -0.2) is 48.9 Å². The van der Waals surface area contributed by atoms with Crippen LogP contribution in [0, 0.1) is 0 Å². The quantitative estimate of drug-likeness (QED) is 0.755. The van der Waals surface area contributed by atoms with Crippen LogP contribution in [0.25, 0.3) is 0 Å². The van der Waals surface area contributed by atoms with E-state index in [4.69, 9.17) is 27.9 Å². The number of nitrogens with one attached hydrogen (secondary N) is 1. The third-order valence-electron chi connectivity index (χ3n) is 4.67. The van der Waals surface area contributed by atoms with E-state index in [-0.39, 0.29) is 43.3 Å². The molecule has 0 aliphatic carbocycles. The number of para-hydroxylation sites is 2. The highest BCUT2D eigenvalue weighted by Crippen LogP contribution is 2.31. The number of benzene rings is 2. The Morgan fingerprint density at radius 1 is 1.23 bits per heavy atom. The van der Waals surface area contributed by atoms with E-state index < -0.39 is 0 Å². The Hall–Kier alpha value is -2.77. The zero-order valence-electron chi connectivity index (χ0n) is 16.5. The largest absolute Gasteiger partial charge is 0.482 e. The molecule has 1 N–H and O–H groups in total. The van der Waals surface area contributed by atoms with Crippen LogP contribution < -0.4 is 15.0 Å². The van der Waals surface area contributed by atoms with E-state index >= 15 is 0 Å². The molecule has 0 bridgehead atoms. The van der Waals surface area contributed by atoms with Gasteiger partial charge in [0, 0.05) is 24.5 Å². The van der Waals surface area contributed by atoms with E-state index in [0.29, 0.717) is 27.2 Å². The molecular formula is C21H21Cl2N3O4. The number of rotatable bonds is 5. The van der Waals surface area contributed by atoms with Crippen molar-refractivity contribution in [1.29, 1.82) is 0 Å². The third kappa shape index (κ3) is 5.04. The third-order valence-corrected chi connectivity index (χ3v) is 5.20. The smallest absolute Gasteiger partial charge is 0.260 e. The van der Waals surface area contributed by atoms with Crippen LogP contribution in [0.2, 0.25) is 10.0 Å². The lowest BCUT2D eigenvalue weighted by Gasteiger charge is -2.29. The molecule has 7 nitrogen and oxygen atoms in total. The average molecular weight is 450 g/mol. The summed E-state index contributed by atoms with van der Waals surface area (Å²) in [5.41, 5.74) is 1.17. The Bertz CT molecular complexity index is 982. The van der Waals surface area contributed by atoms with E-state index in [1.165, 1.54) is 18.0 Å². The summed E-state index contributed by atoms with van der Waals surface area (Å²) in [7, 11) is 1.52. The minimum atomic E-state index is -0.390. The van der Waals surface area contributed by atoms with Gasteiger partial charge in [0.15, 0.2) is 6.61 Å². The molecule has 3 rings (SSSR count). The van der Waals surface area contributed by atoms with E-state index in [2.05, 4.69) is 5.32 Å². The average Bonchev–Trinajstić information content (AvgIpc) is 2.81. The fourth-order valence-corrected chi connectivity index (χ4v) is 3.64. The van der Waals surface area contributed by atoms with Gasteiger partial charge in [-0.25, -0.2) is 0 Å². The fourth-order valence-electron chi connectivity index (χ4n) is 3.18. The maximum absolute atomic E-state index is 13.0. The lowest BCUT2D eigenvalue weighted by Crippen LogP contribution is -2.46.